The summed E-state index contributed by atoms with van der Waals surface area (Å²) in [5, 5.41) is 3.46. The third-order valence-corrected chi connectivity index (χ3v) is 2.13. The largest absolute Gasteiger partial charge is 0.494 e. The Balaban J connectivity index is 2.57. The normalized spacial score (nSPS) is 10.9. The van der Waals surface area contributed by atoms with Crippen molar-refractivity contribution in [3.63, 3.8) is 0 Å². The molecule has 1 rings (SSSR count). The van der Waals surface area contributed by atoms with E-state index in [-0.39, 0.29) is 11.8 Å². The summed E-state index contributed by atoms with van der Waals surface area (Å²) in [5.41, 5.74) is 3.35. The highest BCUT2D eigenvalue weighted by molar-refractivity contribution is 6.82. The standard InChI is InChI=1S/C12H15ClN2O3/c1-3-17-10-7-5-9(6-8-10)14-15-11(13)12(16)18-4-2/h5-8,14H,3-4H2,1-2H3/b15-11+. The second kappa shape index (κ2) is 7.55. The lowest BCUT2D eigenvalue weighted by molar-refractivity contribution is -0.134. The summed E-state index contributed by atoms with van der Waals surface area (Å²) < 4.78 is 9.97. The number of anilines is 1. The summed E-state index contributed by atoms with van der Waals surface area (Å²) in [6.07, 6.45) is 0. The van der Waals surface area contributed by atoms with Crippen molar-refractivity contribution in [1.82, 2.24) is 0 Å². The number of halogens is 1. The van der Waals surface area contributed by atoms with Crippen molar-refractivity contribution in [2.75, 3.05) is 18.6 Å². The third kappa shape index (κ3) is 4.63. The summed E-state index contributed by atoms with van der Waals surface area (Å²) in [6, 6.07) is 7.12. The molecule has 0 aliphatic carbocycles. The minimum atomic E-state index is -0.655. The fraction of sp³-hybridized carbons (Fsp3) is 0.333. The van der Waals surface area contributed by atoms with Crippen LogP contribution in [-0.4, -0.2) is 24.4 Å². The van der Waals surface area contributed by atoms with E-state index in [4.69, 9.17) is 16.3 Å². The lowest BCUT2D eigenvalue weighted by Crippen LogP contribution is -2.13. The summed E-state index contributed by atoms with van der Waals surface area (Å²) >= 11 is 5.63. The Morgan fingerprint density at radius 1 is 1.28 bits per heavy atom. The van der Waals surface area contributed by atoms with Gasteiger partial charge >= 0.3 is 5.97 Å². The maximum Gasteiger partial charge on any atom is 0.370 e. The number of carbonyl (C=O) groups is 1. The lowest BCUT2D eigenvalue weighted by atomic mass is 10.3. The molecule has 0 atom stereocenters. The van der Waals surface area contributed by atoms with E-state index < -0.39 is 5.97 Å². The molecular formula is C12H15ClN2O3. The van der Waals surface area contributed by atoms with Crippen LogP contribution in [-0.2, 0) is 9.53 Å². The van der Waals surface area contributed by atoms with Gasteiger partial charge in [-0.25, -0.2) is 4.79 Å². The Kier molecular flexibility index (Phi) is 6.00. The SMILES string of the molecule is CCOC(=O)/C(Cl)=N\Nc1ccc(OCC)cc1. The Hall–Kier alpha value is -1.75. The smallest absolute Gasteiger partial charge is 0.370 e. The predicted octanol–water partition coefficient (Wildman–Crippen LogP) is 2.61. The molecular weight excluding hydrogens is 256 g/mol. The first kappa shape index (κ1) is 14.3. The number of rotatable bonds is 6. The van der Waals surface area contributed by atoms with Gasteiger partial charge in [0.2, 0.25) is 5.17 Å². The van der Waals surface area contributed by atoms with Crippen LogP contribution in [0.5, 0.6) is 5.75 Å². The number of hydrogen-bond donors (Lipinski definition) is 1. The number of nitrogens with one attached hydrogen (secondary N) is 1. The molecule has 0 saturated heterocycles. The van der Waals surface area contributed by atoms with Gasteiger partial charge in [0.1, 0.15) is 5.75 Å². The van der Waals surface area contributed by atoms with Crippen LogP contribution in [0.3, 0.4) is 0 Å². The molecule has 0 fully saturated rings. The lowest BCUT2D eigenvalue weighted by Gasteiger charge is -2.04. The first-order valence-corrected chi connectivity index (χ1v) is 5.94. The number of hydrogen-bond acceptors (Lipinski definition) is 5. The molecule has 0 heterocycles. The molecule has 18 heavy (non-hydrogen) atoms. The van der Waals surface area contributed by atoms with Gasteiger partial charge in [-0.1, -0.05) is 11.6 Å². The van der Waals surface area contributed by atoms with Crippen LogP contribution in [0.1, 0.15) is 13.8 Å². The van der Waals surface area contributed by atoms with Crippen molar-refractivity contribution in [2.24, 2.45) is 5.10 Å². The van der Waals surface area contributed by atoms with E-state index in [2.05, 4.69) is 15.3 Å². The number of carbonyl (C=O) groups excluding carboxylic acids is 1. The molecule has 5 nitrogen and oxygen atoms in total. The Bertz CT molecular complexity index is 418. The molecule has 0 amide bonds. The molecule has 1 aromatic carbocycles. The van der Waals surface area contributed by atoms with E-state index in [0.29, 0.717) is 12.3 Å². The van der Waals surface area contributed by atoms with Gasteiger partial charge in [-0.05, 0) is 38.1 Å². The summed E-state index contributed by atoms with van der Waals surface area (Å²) in [6.45, 7) is 4.48. The van der Waals surface area contributed by atoms with Crippen LogP contribution in [0, 0.1) is 0 Å². The molecule has 0 bridgehead atoms. The van der Waals surface area contributed by atoms with Crippen molar-refractivity contribution in [3.05, 3.63) is 24.3 Å². The van der Waals surface area contributed by atoms with Gasteiger partial charge in [-0.2, -0.15) is 5.10 Å². The van der Waals surface area contributed by atoms with Gasteiger partial charge in [-0.3, -0.25) is 5.43 Å². The highest BCUT2D eigenvalue weighted by Gasteiger charge is 2.08. The molecule has 0 radical (unpaired) electrons. The van der Waals surface area contributed by atoms with E-state index in [0.717, 1.165) is 5.75 Å². The molecule has 0 aromatic heterocycles. The van der Waals surface area contributed by atoms with Gasteiger partial charge < -0.3 is 9.47 Å². The second-order valence-corrected chi connectivity index (χ2v) is 3.55. The molecule has 1 aromatic rings. The monoisotopic (exact) mass is 270 g/mol. The van der Waals surface area contributed by atoms with Gasteiger partial charge in [0.15, 0.2) is 0 Å². The van der Waals surface area contributed by atoms with Gasteiger partial charge in [0.25, 0.3) is 0 Å². The van der Waals surface area contributed by atoms with Crippen molar-refractivity contribution < 1.29 is 14.3 Å². The van der Waals surface area contributed by atoms with Crippen LogP contribution in [0.4, 0.5) is 5.69 Å². The zero-order valence-corrected chi connectivity index (χ0v) is 11.0. The van der Waals surface area contributed by atoms with E-state index in [1.54, 1.807) is 31.2 Å². The van der Waals surface area contributed by atoms with Crippen molar-refractivity contribution in [1.29, 1.82) is 0 Å². The number of ether oxygens (including phenoxy) is 2. The van der Waals surface area contributed by atoms with Crippen LogP contribution in [0.2, 0.25) is 0 Å². The van der Waals surface area contributed by atoms with Crippen molar-refractivity contribution in [3.8, 4) is 5.75 Å². The second-order valence-electron chi connectivity index (χ2n) is 3.19. The average Bonchev–Trinajstić information content (AvgIpc) is 2.38. The van der Waals surface area contributed by atoms with E-state index >= 15 is 0 Å². The van der Waals surface area contributed by atoms with Gasteiger partial charge in [0.05, 0.1) is 18.9 Å². The topological polar surface area (TPSA) is 59.9 Å². The quantitative estimate of drug-likeness (QED) is 0.490. The minimum Gasteiger partial charge on any atom is -0.494 e. The van der Waals surface area contributed by atoms with Gasteiger partial charge in [-0.15, -0.1) is 0 Å². The molecule has 6 heteroatoms. The van der Waals surface area contributed by atoms with E-state index in [1.807, 2.05) is 6.92 Å². The molecule has 0 spiro atoms. The van der Waals surface area contributed by atoms with Gasteiger partial charge in [0, 0.05) is 0 Å². The third-order valence-electron chi connectivity index (χ3n) is 1.89. The number of nitrogens with zero attached hydrogens (tertiary/aromatic N) is 1. The Morgan fingerprint density at radius 2 is 1.94 bits per heavy atom. The Morgan fingerprint density at radius 3 is 2.50 bits per heavy atom. The molecule has 98 valence electrons. The number of benzene rings is 1. The maximum atomic E-state index is 11.2. The van der Waals surface area contributed by atoms with Crippen LogP contribution in [0.25, 0.3) is 0 Å². The van der Waals surface area contributed by atoms with Crippen molar-refractivity contribution in [2.45, 2.75) is 13.8 Å². The maximum absolute atomic E-state index is 11.2. The fourth-order valence-electron chi connectivity index (χ4n) is 1.14. The predicted molar refractivity (Wildman–Crippen MR) is 71.2 cm³/mol. The minimum absolute atomic E-state index is 0.245. The van der Waals surface area contributed by atoms with Crippen LogP contribution >= 0.6 is 11.6 Å². The summed E-state index contributed by atoms with van der Waals surface area (Å²) in [7, 11) is 0. The number of hydrazone groups is 1. The summed E-state index contributed by atoms with van der Waals surface area (Å²) in [5.74, 6) is 0.112. The first-order chi connectivity index (χ1) is 8.67. The molecule has 0 aliphatic heterocycles. The number of esters is 1. The fourth-order valence-corrected chi connectivity index (χ4v) is 1.24. The average molecular weight is 271 g/mol. The zero-order chi connectivity index (χ0) is 13.4. The first-order valence-electron chi connectivity index (χ1n) is 5.56. The van der Waals surface area contributed by atoms with E-state index in [9.17, 15) is 4.79 Å². The molecule has 0 unspecified atom stereocenters. The van der Waals surface area contributed by atoms with Crippen LogP contribution < -0.4 is 10.2 Å². The highest BCUT2D eigenvalue weighted by Crippen LogP contribution is 2.15. The van der Waals surface area contributed by atoms with Crippen LogP contribution in [0.15, 0.2) is 29.4 Å². The summed E-state index contributed by atoms with van der Waals surface area (Å²) in [4.78, 5) is 11.2. The highest BCUT2D eigenvalue weighted by atomic mass is 35.5. The zero-order valence-electron chi connectivity index (χ0n) is 10.3. The molecule has 0 aliphatic rings. The molecule has 0 saturated carbocycles. The molecule has 1 N–H and O–H groups in total. The van der Waals surface area contributed by atoms with E-state index in [1.165, 1.54) is 0 Å². The van der Waals surface area contributed by atoms with Crippen molar-refractivity contribution >= 4 is 28.4 Å². The Labute approximate surface area is 111 Å².